The Kier molecular flexibility index (Phi) is 5.13. The number of para-hydroxylation sites is 1. The molecule has 1 saturated carbocycles. The summed E-state index contributed by atoms with van der Waals surface area (Å²) in [6.45, 7) is 2.13. The highest BCUT2D eigenvalue weighted by atomic mass is 16.5. The van der Waals surface area contributed by atoms with E-state index < -0.39 is 0 Å². The number of anilines is 2. The van der Waals surface area contributed by atoms with Gasteiger partial charge in [-0.1, -0.05) is 6.07 Å². The van der Waals surface area contributed by atoms with Crippen LogP contribution in [0.1, 0.15) is 41.4 Å². The third-order valence-electron chi connectivity index (χ3n) is 7.06. The van der Waals surface area contributed by atoms with E-state index in [2.05, 4.69) is 35.7 Å². The van der Waals surface area contributed by atoms with Gasteiger partial charge in [-0.2, -0.15) is 0 Å². The summed E-state index contributed by atoms with van der Waals surface area (Å²) in [7, 11) is 0. The standard InChI is InChI=1S/C25H25N9O3/c35-16-6-7-32(12-16)22-11-26-19(10-21(22)33-13-20(27-14-33)15-4-5-15)25(36)28-18-3-1-2-17-23(18)37-9-8-34-24(17)29-30-31-34/h1-3,10-11,13-16,35H,4-9,12H2,(H,28,36)/t16-/m1/s1. The van der Waals surface area contributed by atoms with E-state index in [-0.39, 0.29) is 17.7 Å². The van der Waals surface area contributed by atoms with Crippen molar-refractivity contribution in [3.63, 3.8) is 0 Å². The van der Waals surface area contributed by atoms with Gasteiger partial charge in [0.15, 0.2) is 11.6 Å². The highest BCUT2D eigenvalue weighted by molar-refractivity contribution is 6.05. The predicted octanol–water partition coefficient (Wildman–Crippen LogP) is 2.01. The van der Waals surface area contributed by atoms with Crippen LogP contribution in [0, 0.1) is 0 Å². The Labute approximate surface area is 211 Å². The second-order valence-corrected chi connectivity index (χ2v) is 9.64. The van der Waals surface area contributed by atoms with Gasteiger partial charge in [-0.3, -0.25) is 4.79 Å². The van der Waals surface area contributed by atoms with Gasteiger partial charge in [0.25, 0.3) is 5.91 Å². The van der Waals surface area contributed by atoms with Crippen molar-refractivity contribution >= 4 is 17.3 Å². The van der Waals surface area contributed by atoms with Gasteiger partial charge in [0.1, 0.15) is 12.3 Å². The molecule has 1 aliphatic carbocycles. The Morgan fingerprint density at radius 3 is 2.89 bits per heavy atom. The molecule has 3 aromatic heterocycles. The molecule has 0 spiro atoms. The normalized spacial score (nSPS) is 18.6. The Hall–Kier alpha value is -4.32. The van der Waals surface area contributed by atoms with E-state index in [1.165, 1.54) is 0 Å². The Balaban J connectivity index is 1.23. The number of aliphatic hydroxyl groups is 1. The number of ether oxygens (including phenoxy) is 1. The number of hydrogen-bond donors (Lipinski definition) is 2. The number of benzene rings is 1. The quantitative estimate of drug-likeness (QED) is 0.423. The van der Waals surface area contributed by atoms with Crippen molar-refractivity contribution in [1.29, 1.82) is 0 Å². The zero-order valence-corrected chi connectivity index (χ0v) is 20.0. The van der Waals surface area contributed by atoms with Gasteiger partial charge >= 0.3 is 0 Å². The number of nitrogens with one attached hydrogen (secondary N) is 1. The molecule has 0 bridgehead atoms. The summed E-state index contributed by atoms with van der Waals surface area (Å²) in [5.41, 5.74) is 4.21. The van der Waals surface area contributed by atoms with E-state index in [0.29, 0.717) is 54.9 Å². The van der Waals surface area contributed by atoms with Crippen molar-refractivity contribution in [2.45, 2.75) is 37.8 Å². The van der Waals surface area contributed by atoms with Gasteiger partial charge in [-0.25, -0.2) is 14.6 Å². The first-order chi connectivity index (χ1) is 18.1. The number of tetrazole rings is 1. The largest absolute Gasteiger partial charge is 0.489 e. The molecule has 5 heterocycles. The van der Waals surface area contributed by atoms with Gasteiger partial charge in [0.05, 0.1) is 53.5 Å². The minimum absolute atomic E-state index is 0.260. The molecule has 3 aliphatic rings. The van der Waals surface area contributed by atoms with E-state index >= 15 is 0 Å². The van der Waals surface area contributed by atoms with Crippen LogP contribution in [0.3, 0.4) is 0 Å². The first-order valence-electron chi connectivity index (χ1n) is 12.4. The predicted molar refractivity (Wildman–Crippen MR) is 133 cm³/mol. The van der Waals surface area contributed by atoms with Crippen LogP contribution in [0.25, 0.3) is 17.1 Å². The molecule has 0 radical (unpaired) electrons. The lowest BCUT2D eigenvalue weighted by Gasteiger charge is -2.22. The number of imidazole rings is 1. The molecule has 4 aromatic rings. The summed E-state index contributed by atoms with van der Waals surface area (Å²) in [6, 6.07) is 7.25. The maximum atomic E-state index is 13.4. The van der Waals surface area contributed by atoms with Gasteiger partial charge in [0, 0.05) is 25.2 Å². The number of pyridine rings is 1. The van der Waals surface area contributed by atoms with Gasteiger partial charge < -0.3 is 24.6 Å². The van der Waals surface area contributed by atoms with Crippen LogP contribution in [-0.2, 0) is 6.54 Å². The lowest BCUT2D eigenvalue weighted by Crippen LogP contribution is -2.24. The van der Waals surface area contributed by atoms with Crippen LogP contribution in [0.5, 0.6) is 5.75 Å². The van der Waals surface area contributed by atoms with Crippen molar-refractivity contribution in [3.05, 3.63) is 54.4 Å². The maximum absolute atomic E-state index is 13.4. The van der Waals surface area contributed by atoms with Crippen molar-refractivity contribution in [2.75, 3.05) is 29.9 Å². The molecule has 188 valence electrons. The molecule has 1 atom stereocenters. The molecule has 12 nitrogen and oxygen atoms in total. The highest BCUT2D eigenvalue weighted by Crippen LogP contribution is 2.40. The number of aliphatic hydroxyl groups excluding tert-OH is 1. The lowest BCUT2D eigenvalue weighted by atomic mass is 10.1. The SMILES string of the molecule is O=C(Nc1cccc2c1OCCn1nnnc1-2)c1cc(-n2cnc(C3CC3)c2)c(N2CC[C@@H](O)C2)cn1. The minimum Gasteiger partial charge on any atom is -0.489 e. The van der Waals surface area contributed by atoms with Crippen LogP contribution < -0.4 is 15.0 Å². The summed E-state index contributed by atoms with van der Waals surface area (Å²) < 4.78 is 9.60. The van der Waals surface area contributed by atoms with E-state index in [4.69, 9.17) is 4.74 Å². The van der Waals surface area contributed by atoms with Crippen molar-refractivity contribution < 1.29 is 14.6 Å². The monoisotopic (exact) mass is 499 g/mol. The number of fused-ring (bicyclic) bond motifs is 3. The number of amides is 1. The molecule has 2 N–H and O–H groups in total. The van der Waals surface area contributed by atoms with Crippen LogP contribution in [0.4, 0.5) is 11.4 Å². The fourth-order valence-corrected chi connectivity index (χ4v) is 4.97. The fourth-order valence-electron chi connectivity index (χ4n) is 4.97. The summed E-state index contributed by atoms with van der Waals surface area (Å²) in [4.78, 5) is 24.6. The Bertz CT molecular complexity index is 1490. The molecule has 37 heavy (non-hydrogen) atoms. The Morgan fingerprint density at radius 2 is 2.05 bits per heavy atom. The molecule has 1 saturated heterocycles. The van der Waals surface area contributed by atoms with Crippen molar-refractivity contribution in [2.24, 2.45) is 0 Å². The average Bonchev–Trinajstić information content (AvgIpc) is 3.29. The molecule has 0 unspecified atom stereocenters. The number of hydrogen-bond acceptors (Lipinski definition) is 9. The summed E-state index contributed by atoms with van der Waals surface area (Å²) in [5, 5.41) is 25.0. The topological polar surface area (TPSA) is 136 Å². The van der Waals surface area contributed by atoms with Crippen LogP contribution >= 0.6 is 0 Å². The third kappa shape index (κ3) is 3.99. The third-order valence-corrected chi connectivity index (χ3v) is 7.06. The summed E-state index contributed by atoms with van der Waals surface area (Å²) in [6.07, 6.45) is 8.14. The molecule has 12 heteroatoms. The van der Waals surface area contributed by atoms with Gasteiger partial charge in [-0.05, 0) is 47.9 Å². The van der Waals surface area contributed by atoms with Gasteiger partial charge in [0.2, 0.25) is 0 Å². The maximum Gasteiger partial charge on any atom is 0.274 e. The minimum atomic E-state index is -0.380. The number of aromatic nitrogens is 7. The summed E-state index contributed by atoms with van der Waals surface area (Å²) >= 11 is 0. The number of carbonyl (C=O) groups excluding carboxylic acids is 1. The van der Waals surface area contributed by atoms with Crippen molar-refractivity contribution in [3.8, 4) is 22.8 Å². The van der Waals surface area contributed by atoms with Crippen LogP contribution in [-0.4, -0.2) is 71.6 Å². The highest BCUT2D eigenvalue weighted by Gasteiger charge is 2.28. The average molecular weight is 500 g/mol. The zero-order valence-electron chi connectivity index (χ0n) is 20.0. The molecule has 1 aromatic carbocycles. The fraction of sp³-hybridized carbons (Fsp3) is 0.360. The van der Waals surface area contributed by atoms with Crippen LogP contribution in [0.2, 0.25) is 0 Å². The number of nitrogens with zero attached hydrogens (tertiary/aromatic N) is 8. The van der Waals surface area contributed by atoms with E-state index in [1.54, 1.807) is 29.3 Å². The van der Waals surface area contributed by atoms with E-state index in [9.17, 15) is 9.90 Å². The molecule has 1 amide bonds. The Morgan fingerprint density at radius 1 is 1.14 bits per heavy atom. The lowest BCUT2D eigenvalue weighted by molar-refractivity contribution is 0.102. The van der Waals surface area contributed by atoms with E-state index in [1.807, 2.05) is 22.9 Å². The molecule has 7 rings (SSSR count). The van der Waals surface area contributed by atoms with Gasteiger partial charge in [-0.15, -0.1) is 5.10 Å². The first-order valence-corrected chi connectivity index (χ1v) is 12.4. The molecular weight excluding hydrogens is 474 g/mol. The first kappa shape index (κ1) is 21.9. The zero-order chi connectivity index (χ0) is 24.9. The smallest absolute Gasteiger partial charge is 0.274 e. The number of carbonyl (C=O) groups is 1. The second kappa shape index (κ2) is 8.66. The van der Waals surface area contributed by atoms with Crippen LogP contribution in [0.15, 0.2) is 43.0 Å². The second-order valence-electron chi connectivity index (χ2n) is 9.64. The number of rotatable bonds is 5. The molecule has 2 fully saturated rings. The summed E-state index contributed by atoms with van der Waals surface area (Å²) in [5.74, 6) is 1.26. The molecule has 2 aliphatic heterocycles. The van der Waals surface area contributed by atoms with E-state index in [0.717, 1.165) is 36.5 Å². The molecular formula is C25H25N9O3. The number of β-amino-alcohol motifs (C(OH)–C–C–N with tert-alkyl or cyclic N) is 1. The van der Waals surface area contributed by atoms with Crippen molar-refractivity contribution in [1.82, 2.24) is 34.7 Å².